The van der Waals surface area contributed by atoms with Crippen LogP contribution in [0.2, 0.25) is 0 Å². The van der Waals surface area contributed by atoms with Crippen LogP contribution in [0.3, 0.4) is 0 Å². The molecule has 1 aromatic rings. The lowest BCUT2D eigenvalue weighted by atomic mass is 10.0. The van der Waals surface area contributed by atoms with Crippen molar-refractivity contribution in [2.24, 2.45) is 0 Å². The summed E-state index contributed by atoms with van der Waals surface area (Å²) < 4.78 is 0.782. The zero-order chi connectivity index (χ0) is 14.3. The van der Waals surface area contributed by atoms with Crippen LogP contribution in [0.1, 0.15) is 56.3 Å². The SMILES string of the molecule is CCCCC(CCC)NC(=O)c1cc(N)ccc1Br. The number of nitrogens with two attached hydrogens (primary N) is 1. The molecule has 3 nitrogen and oxygen atoms in total. The molecule has 1 amide bonds. The number of carbonyl (C=O) groups is 1. The van der Waals surface area contributed by atoms with Crippen LogP contribution in [0.25, 0.3) is 0 Å². The summed E-state index contributed by atoms with van der Waals surface area (Å²) in [4.78, 5) is 12.3. The highest BCUT2D eigenvalue weighted by atomic mass is 79.9. The summed E-state index contributed by atoms with van der Waals surface area (Å²) >= 11 is 3.40. The Morgan fingerprint density at radius 2 is 2.05 bits per heavy atom. The Morgan fingerprint density at radius 1 is 1.32 bits per heavy atom. The molecule has 0 radical (unpaired) electrons. The highest BCUT2D eigenvalue weighted by molar-refractivity contribution is 9.10. The first-order valence-corrected chi connectivity index (χ1v) is 7.73. The number of nitrogens with one attached hydrogen (secondary N) is 1. The number of unbranched alkanes of at least 4 members (excludes halogenated alkanes) is 1. The lowest BCUT2D eigenvalue weighted by molar-refractivity contribution is 0.0931. The maximum atomic E-state index is 12.3. The van der Waals surface area contributed by atoms with Gasteiger partial charge >= 0.3 is 0 Å². The van der Waals surface area contributed by atoms with Crippen molar-refractivity contribution in [2.45, 2.75) is 52.0 Å². The van der Waals surface area contributed by atoms with Crippen molar-refractivity contribution in [1.29, 1.82) is 0 Å². The highest BCUT2D eigenvalue weighted by Crippen LogP contribution is 2.20. The average Bonchev–Trinajstić information content (AvgIpc) is 2.39. The van der Waals surface area contributed by atoms with Crippen molar-refractivity contribution in [2.75, 3.05) is 5.73 Å². The van der Waals surface area contributed by atoms with Gasteiger partial charge in [0.1, 0.15) is 0 Å². The fourth-order valence-electron chi connectivity index (χ4n) is 2.07. The third kappa shape index (κ3) is 5.23. The summed E-state index contributed by atoms with van der Waals surface area (Å²) in [5.74, 6) is -0.0475. The quantitative estimate of drug-likeness (QED) is 0.740. The molecule has 0 heterocycles. The Morgan fingerprint density at radius 3 is 2.68 bits per heavy atom. The first kappa shape index (κ1) is 16.0. The first-order chi connectivity index (χ1) is 9.08. The molecule has 3 N–H and O–H groups in total. The molecule has 1 rings (SSSR count). The van der Waals surface area contributed by atoms with Crippen LogP contribution in [0.15, 0.2) is 22.7 Å². The Kier molecular flexibility index (Phi) is 6.92. The van der Waals surface area contributed by atoms with Crippen molar-refractivity contribution in [1.82, 2.24) is 5.32 Å². The Balaban J connectivity index is 2.72. The van der Waals surface area contributed by atoms with Crippen molar-refractivity contribution < 1.29 is 4.79 Å². The van der Waals surface area contributed by atoms with E-state index >= 15 is 0 Å². The standard InChI is InChI=1S/C15H23BrN2O/c1-3-5-7-12(6-4-2)18-15(19)13-10-11(17)8-9-14(13)16/h8-10,12H,3-7,17H2,1-2H3,(H,18,19). The third-order valence-corrected chi connectivity index (χ3v) is 3.81. The zero-order valence-electron chi connectivity index (χ0n) is 11.7. The van der Waals surface area contributed by atoms with E-state index in [2.05, 4.69) is 35.1 Å². The summed E-state index contributed by atoms with van der Waals surface area (Å²) in [6, 6.07) is 5.56. The van der Waals surface area contributed by atoms with Gasteiger partial charge in [-0.25, -0.2) is 0 Å². The molecule has 1 aromatic carbocycles. The Labute approximate surface area is 124 Å². The van der Waals surface area contributed by atoms with E-state index in [0.29, 0.717) is 11.3 Å². The van der Waals surface area contributed by atoms with Crippen LogP contribution in [-0.4, -0.2) is 11.9 Å². The fourth-order valence-corrected chi connectivity index (χ4v) is 2.49. The fraction of sp³-hybridized carbons (Fsp3) is 0.533. The minimum atomic E-state index is -0.0475. The van der Waals surface area contributed by atoms with E-state index in [-0.39, 0.29) is 11.9 Å². The van der Waals surface area contributed by atoms with Crippen LogP contribution in [0.5, 0.6) is 0 Å². The van der Waals surface area contributed by atoms with E-state index in [1.807, 2.05) is 6.07 Å². The van der Waals surface area contributed by atoms with Crippen LogP contribution in [0, 0.1) is 0 Å². The molecule has 1 unspecified atom stereocenters. The van der Waals surface area contributed by atoms with Crippen molar-refractivity contribution in [3.63, 3.8) is 0 Å². The van der Waals surface area contributed by atoms with E-state index < -0.39 is 0 Å². The maximum Gasteiger partial charge on any atom is 0.252 e. The molecule has 0 aliphatic carbocycles. The first-order valence-electron chi connectivity index (χ1n) is 6.94. The van der Waals surface area contributed by atoms with Gasteiger partial charge in [0.15, 0.2) is 0 Å². The zero-order valence-corrected chi connectivity index (χ0v) is 13.3. The number of hydrogen-bond donors (Lipinski definition) is 2. The second kappa shape index (κ2) is 8.20. The normalized spacial score (nSPS) is 12.2. The van der Waals surface area contributed by atoms with Gasteiger partial charge < -0.3 is 11.1 Å². The van der Waals surface area contributed by atoms with E-state index in [4.69, 9.17) is 5.73 Å². The second-order valence-electron chi connectivity index (χ2n) is 4.84. The number of hydrogen-bond acceptors (Lipinski definition) is 2. The Hall–Kier alpha value is -1.03. The molecular weight excluding hydrogens is 304 g/mol. The smallest absolute Gasteiger partial charge is 0.252 e. The molecule has 0 aliphatic rings. The number of anilines is 1. The van der Waals surface area contributed by atoms with Gasteiger partial charge in [-0.05, 0) is 47.0 Å². The predicted molar refractivity (Wildman–Crippen MR) is 84.2 cm³/mol. The summed E-state index contributed by atoms with van der Waals surface area (Å²) in [5, 5.41) is 3.11. The maximum absolute atomic E-state index is 12.3. The molecule has 106 valence electrons. The number of halogens is 1. The lowest BCUT2D eigenvalue weighted by Gasteiger charge is -2.18. The molecule has 0 fully saturated rings. The van der Waals surface area contributed by atoms with Gasteiger partial charge in [-0.3, -0.25) is 4.79 Å². The number of nitrogen functional groups attached to an aromatic ring is 1. The molecule has 19 heavy (non-hydrogen) atoms. The minimum absolute atomic E-state index is 0.0475. The van der Waals surface area contributed by atoms with Crippen LogP contribution < -0.4 is 11.1 Å². The van der Waals surface area contributed by atoms with E-state index in [0.717, 1.165) is 36.6 Å². The molecule has 0 spiro atoms. The van der Waals surface area contributed by atoms with Gasteiger partial charge in [-0.15, -0.1) is 0 Å². The lowest BCUT2D eigenvalue weighted by Crippen LogP contribution is -2.35. The minimum Gasteiger partial charge on any atom is -0.399 e. The molecule has 0 aliphatic heterocycles. The van der Waals surface area contributed by atoms with Gasteiger partial charge in [-0.2, -0.15) is 0 Å². The van der Waals surface area contributed by atoms with Crippen molar-refractivity contribution in [3.8, 4) is 0 Å². The monoisotopic (exact) mass is 326 g/mol. The second-order valence-corrected chi connectivity index (χ2v) is 5.69. The van der Waals surface area contributed by atoms with Gasteiger partial charge in [0.2, 0.25) is 0 Å². The van der Waals surface area contributed by atoms with Crippen LogP contribution in [0.4, 0.5) is 5.69 Å². The topological polar surface area (TPSA) is 55.1 Å². The molecule has 4 heteroatoms. The Bertz CT molecular complexity index is 421. The average molecular weight is 327 g/mol. The molecule has 0 bridgehead atoms. The molecule has 0 saturated carbocycles. The third-order valence-electron chi connectivity index (χ3n) is 3.11. The van der Waals surface area contributed by atoms with Gasteiger partial charge in [-0.1, -0.05) is 33.1 Å². The molecular formula is C15H23BrN2O. The molecule has 0 aromatic heterocycles. The molecule has 0 saturated heterocycles. The number of rotatable bonds is 7. The van der Waals surface area contributed by atoms with E-state index in [1.165, 1.54) is 0 Å². The summed E-state index contributed by atoms with van der Waals surface area (Å²) in [5.41, 5.74) is 6.95. The van der Waals surface area contributed by atoms with Crippen LogP contribution in [-0.2, 0) is 0 Å². The van der Waals surface area contributed by atoms with Crippen molar-refractivity contribution in [3.05, 3.63) is 28.2 Å². The number of carbonyl (C=O) groups excluding carboxylic acids is 1. The highest BCUT2D eigenvalue weighted by Gasteiger charge is 2.15. The van der Waals surface area contributed by atoms with E-state index in [1.54, 1.807) is 12.1 Å². The van der Waals surface area contributed by atoms with Gasteiger partial charge in [0, 0.05) is 16.2 Å². The summed E-state index contributed by atoms with van der Waals surface area (Å²) in [6.07, 6.45) is 5.43. The predicted octanol–water partition coefficient (Wildman–Crippen LogP) is 4.12. The van der Waals surface area contributed by atoms with Crippen molar-refractivity contribution >= 4 is 27.5 Å². The summed E-state index contributed by atoms with van der Waals surface area (Å²) in [7, 11) is 0. The summed E-state index contributed by atoms with van der Waals surface area (Å²) in [6.45, 7) is 4.31. The number of benzene rings is 1. The molecule has 1 atom stereocenters. The largest absolute Gasteiger partial charge is 0.399 e. The van der Waals surface area contributed by atoms with E-state index in [9.17, 15) is 4.79 Å². The van der Waals surface area contributed by atoms with Crippen LogP contribution >= 0.6 is 15.9 Å². The number of amides is 1. The van der Waals surface area contributed by atoms with Gasteiger partial charge in [0.25, 0.3) is 5.91 Å². The van der Waals surface area contributed by atoms with Gasteiger partial charge in [0.05, 0.1) is 5.56 Å².